The molecule has 2 aliphatic rings. The summed E-state index contributed by atoms with van der Waals surface area (Å²) in [5, 5.41) is 1.29. The minimum Gasteiger partial charge on any atom is -0.493 e. The predicted molar refractivity (Wildman–Crippen MR) is 138 cm³/mol. The molecule has 9 nitrogen and oxygen atoms in total. The molecule has 2 aliphatic heterocycles. The molecule has 3 aromatic carbocycles. The SMILES string of the molecule is COc1cccc2cc(-c3cc(=O)oc4c5c(ccc34)OCN(Cc3ccc4c(c3)OCO4)C5)c(=O)oc12. The van der Waals surface area contributed by atoms with Crippen molar-refractivity contribution >= 4 is 21.9 Å². The van der Waals surface area contributed by atoms with Gasteiger partial charge in [-0.15, -0.1) is 0 Å². The van der Waals surface area contributed by atoms with Crippen molar-refractivity contribution in [1.82, 2.24) is 4.90 Å². The quantitative estimate of drug-likeness (QED) is 0.319. The van der Waals surface area contributed by atoms with Crippen LogP contribution in [0.1, 0.15) is 11.1 Å². The van der Waals surface area contributed by atoms with E-state index in [0.29, 0.717) is 64.6 Å². The second-order valence-electron chi connectivity index (χ2n) is 9.17. The highest BCUT2D eigenvalue weighted by Gasteiger charge is 2.25. The van der Waals surface area contributed by atoms with Gasteiger partial charge in [0.2, 0.25) is 6.79 Å². The summed E-state index contributed by atoms with van der Waals surface area (Å²) in [6, 6.07) is 17.8. The van der Waals surface area contributed by atoms with Crippen molar-refractivity contribution in [3.05, 3.63) is 92.6 Å². The first-order chi connectivity index (χ1) is 18.6. The molecule has 0 atom stereocenters. The van der Waals surface area contributed by atoms with Crippen molar-refractivity contribution in [3.63, 3.8) is 0 Å². The molecule has 2 aromatic heterocycles. The maximum absolute atomic E-state index is 13.1. The van der Waals surface area contributed by atoms with Gasteiger partial charge in [0.05, 0.1) is 18.2 Å². The zero-order chi connectivity index (χ0) is 25.8. The number of ether oxygens (including phenoxy) is 4. The third-order valence-corrected chi connectivity index (χ3v) is 6.83. The Morgan fingerprint density at radius 2 is 1.71 bits per heavy atom. The molecule has 0 amide bonds. The lowest BCUT2D eigenvalue weighted by Gasteiger charge is -2.29. The van der Waals surface area contributed by atoms with E-state index in [4.69, 9.17) is 27.8 Å². The van der Waals surface area contributed by atoms with Crippen LogP contribution in [0.15, 0.2) is 79.1 Å². The number of fused-ring (bicyclic) bond motifs is 5. The van der Waals surface area contributed by atoms with E-state index >= 15 is 0 Å². The molecule has 0 saturated carbocycles. The topological polar surface area (TPSA) is 101 Å². The molecular formula is C29H21NO8. The van der Waals surface area contributed by atoms with Crippen molar-refractivity contribution in [1.29, 1.82) is 0 Å². The summed E-state index contributed by atoms with van der Waals surface area (Å²) in [6.07, 6.45) is 0. The highest BCUT2D eigenvalue weighted by Crippen LogP contribution is 2.38. The fourth-order valence-electron chi connectivity index (χ4n) is 5.07. The third-order valence-electron chi connectivity index (χ3n) is 6.83. The van der Waals surface area contributed by atoms with Crippen LogP contribution in [0.5, 0.6) is 23.0 Å². The third kappa shape index (κ3) is 3.67. The molecule has 0 aliphatic carbocycles. The van der Waals surface area contributed by atoms with Crippen LogP contribution in [0.3, 0.4) is 0 Å². The van der Waals surface area contributed by atoms with Gasteiger partial charge in [-0.3, -0.25) is 4.90 Å². The number of benzene rings is 3. The maximum atomic E-state index is 13.1. The number of para-hydroxylation sites is 1. The van der Waals surface area contributed by atoms with Crippen LogP contribution in [-0.4, -0.2) is 25.5 Å². The Bertz CT molecular complexity index is 1850. The van der Waals surface area contributed by atoms with Gasteiger partial charge in [0.15, 0.2) is 22.8 Å². The first-order valence-electron chi connectivity index (χ1n) is 12.0. The zero-order valence-electron chi connectivity index (χ0n) is 20.3. The van der Waals surface area contributed by atoms with Gasteiger partial charge in [0.1, 0.15) is 18.1 Å². The average molecular weight is 511 g/mol. The number of methoxy groups -OCH3 is 1. The van der Waals surface area contributed by atoms with E-state index in [-0.39, 0.29) is 12.4 Å². The molecule has 5 aromatic rings. The number of nitrogens with zero attached hydrogens (tertiary/aromatic N) is 1. The van der Waals surface area contributed by atoms with Gasteiger partial charge in [-0.2, -0.15) is 0 Å². The summed E-state index contributed by atoms with van der Waals surface area (Å²) in [5.74, 6) is 2.53. The average Bonchev–Trinajstić information content (AvgIpc) is 3.40. The van der Waals surface area contributed by atoms with Crippen LogP contribution in [0.2, 0.25) is 0 Å². The van der Waals surface area contributed by atoms with Crippen LogP contribution in [0.4, 0.5) is 0 Å². The van der Waals surface area contributed by atoms with Gasteiger partial charge in [0.25, 0.3) is 0 Å². The molecule has 38 heavy (non-hydrogen) atoms. The van der Waals surface area contributed by atoms with Gasteiger partial charge >= 0.3 is 11.3 Å². The number of rotatable bonds is 4. The van der Waals surface area contributed by atoms with Crippen molar-refractivity contribution in [2.45, 2.75) is 13.1 Å². The molecule has 0 unspecified atom stereocenters. The van der Waals surface area contributed by atoms with Gasteiger partial charge in [-0.05, 0) is 42.0 Å². The van der Waals surface area contributed by atoms with Gasteiger partial charge in [-0.25, -0.2) is 9.59 Å². The molecule has 0 radical (unpaired) electrons. The first kappa shape index (κ1) is 22.4. The molecule has 0 bridgehead atoms. The Morgan fingerprint density at radius 1 is 0.842 bits per heavy atom. The van der Waals surface area contributed by atoms with E-state index in [1.54, 1.807) is 18.2 Å². The minimum atomic E-state index is -0.577. The summed E-state index contributed by atoms with van der Waals surface area (Å²) < 4.78 is 33.6. The monoisotopic (exact) mass is 511 g/mol. The van der Waals surface area contributed by atoms with Crippen LogP contribution in [0, 0.1) is 0 Å². The van der Waals surface area contributed by atoms with E-state index in [1.165, 1.54) is 13.2 Å². The van der Waals surface area contributed by atoms with Crippen molar-refractivity contribution in [3.8, 4) is 34.1 Å². The second-order valence-corrected chi connectivity index (χ2v) is 9.17. The van der Waals surface area contributed by atoms with E-state index < -0.39 is 11.3 Å². The lowest BCUT2D eigenvalue weighted by Crippen LogP contribution is -2.31. The number of hydrogen-bond acceptors (Lipinski definition) is 9. The Kier molecular flexibility index (Phi) is 5.12. The first-order valence-corrected chi connectivity index (χ1v) is 12.0. The number of hydrogen-bond donors (Lipinski definition) is 0. The molecule has 0 fully saturated rings. The normalized spacial score (nSPS) is 14.4. The van der Waals surface area contributed by atoms with Gasteiger partial charge in [-0.1, -0.05) is 18.2 Å². The van der Waals surface area contributed by atoms with E-state index in [9.17, 15) is 9.59 Å². The molecular weight excluding hydrogens is 490 g/mol. The molecule has 0 saturated heterocycles. The van der Waals surface area contributed by atoms with Crippen molar-refractivity contribution in [2.75, 3.05) is 20.6 Å². The van der Waals surface area contributed by atoms with Crippen LogP contribution in [0.25, 0.3) is 33.1 Å². The maximum Gasteiger partial charge on any atom is 0.344 e. The van der Waals surface area contributed by atoms with E-state index in [1.807, 2.05) is 36.4 Å². The van der Waals surface area contributed by atoms with Crippen molar-refractivity contribution in [2.24, 2.45) is 0 Å². The molecule has 7 rings (SSSR count). The van der Waals surface area contributed by atoms with Crippen LogP contribution >= 0.6 is 0 Å². The van der Waals surface area contributed by atoms with Crippen molar-refractivity contribution < 1.29 is 27.8 Å². The van der Waals surface area contributed by atoms with Crippen LogP contribution < -0.4 is 30.2 Å². The summed E-state index contributed by atoms with van der Waals surface area (Å²) in [5.41, 5.74) is 2.05. The molecule has 190 valence electrons. The fraction of sp³-hybridized carbons (Fsp3) is 0.172. The summed E-state index contributed by atoms with van der Waals surface area (Å²) in [6.45, 7) is 1.66. The summed E-state index contributed by atoms with van der Waals surface area (Å²) in [4.78, 5) is 27.9. The smallest absolute Gasteiger partial charge is 0.344 e. The second kappa shape index (κ2) is 8.67. The summed E-state index contributed by atoms with van der Waals surface area (Å²) >= 11 is 0. The Hall–Kier alpha value is -4.76. The van der Waals surface area contributed by atoms with Crippen LogP contribution in [-0.2, 0) is 13.1 Å². The summed E-state index contributed by atoms with van der Waals surface area (Å²) in [7, 11) is 1.51. The molecule has 0 N–H and O–H groups in total. The Morgan fingerprint density at radius 3 is 2.61 bits per heavy atom. The molecule has 0 spiro atoms. The highest BCUT2D eigenvalue weighted by molar-refractivity contribution is 5.97. The lowest BCUT2D eigenvalue weighted by molar-refractivity contribution is 0.0889. The fourth-order valence-corrected chi connectivity index (χ4v) is 5.07. The lowest BCUT2D eigenvalue weighted by atomic mass is 9.99. The zero-order valence-corrected chi connectivity index (χ0v) is 20.3. The Labute approximate surface area is 215 Å². The van der Waals surface area contributed by atoms with E-state index in [0.717, 1.165) is 16.9 Å². The predicted octanol–water partition coefficient (Wildman–Crippen LogP) is 4.66. The largest absolute Gasteiger partial charge is 0.493 e. The standard InChI is InChI=1S/C29H21NO8/c1-33-24-4-2-3-17-10-20(29(32)38-27(17)24)19-11-26(31)37-28-18(19)6-8-22-21(28)13-30(14-34-22)12-16-5-7-23-25(9-16)36-15-35-23/h2-11H,12-15H2,1H3. The van der Waals surface area contributed by atoms with E-state index in [2.05, 4.69) is 4.90 Å². The molecule has 9 heteroatoms. The Balaban J connectivity index is 1.30. The van der Waals surface area contributed by atoms with Gasteiger partial charge in [0, 0.05) is 35.5 Å². The minimum absolute atomic E-state index is 0.218. The van der Waals surface area contributed by atoms with Gasteiger partial charge < -0.3 is 27.8 Å². The highest BCUT2D eigenvalue weighted by atomic mass is 16.7. The molecule has 4 heterocycles.